The lowest BCUT2D eigenvalue weighted by molar-refractivity contribution is -0.140. The number of hydrogen-bond acceptors (Lipinski definition) is 1. The average molecular weight is 220 g/mol. The fourth-order valence-electron chi connectivity index (χ4n) is 2.24. The van der Waals surface area contributed by atoms with Gasteiger partial charge < -0.3 is 5.11 Å². The molecule has 0 fully saturated rings. The zero-order valence-corrected chi connectivity index (χ0v) is 10.2. The van der Waals surface area contributed by atoms with Gasteiger partial charge in [-0.2, -0.15) is 0 Å². The van der Waals surface area contributed by atoms with Crippen molar-refractivity contribution in [3.63, 3.8) is 0 Å². The maximum absolute atomic E-state index is 11.4. The normalized spacial score (nSPS) is 12.8. The van der Waals surface area contributed by atoms with Gasteiger partial charge in [-0.3, -0.25) is 4.79 Å². The first kappa shape index (κ1) is 12.8. The Labute approximate surface area is 97.3 Å². The molecule has 1 N–H and O–H groups in total. The maximum Gasteiger partial charge on any atom is 0.311 e. The predicted molar refractivity (Wildman–Crippen MR) is 65.6 cm³/mol. The first-order chi connectivity index (χ1) is 7.60. The van der Waals surface area contributed by atoms with Gasteiger partial charge in [-0.1, -0.05) is 56.5 Å². The first-order valence-electron chi connectivity index (χ1n) is 5.89. The van der Waals surface area contributed by atoms with E-state index in [4.69, 9.17) is 0 Å². The first-order valence-corrected chi connectivity index (χ1v) is 5.89. The Bertz CT molecular complexity index is 354. The molecule has 0 aromatic heterocycles. The maximum atomic E-state index is 11.4. The van der Waals surface area contributed by atoms with E-state index in [-0.39, 0.29) is 11.8 Å². The summed E-state index contributed by atoms with van der Waals surface area (Å²) in [6, 6.07) is 7.83. The summed E-state index contributed by atoms with van der Waals surface area (Å²) in [4.78, 5) is 11.4. The highest BCUT2D eigenvalue weighted by atomic mass is 16.4. The van der Waals surface area contributed by atoms with Crippen molar-refractivity contribution in [2.75, 3.05) is 0 Å². The molecule has 0 heterocycles. The highest BCUT2D eigenvalue weighted by molar-refractivity contribution is 5.76. The number of rotatable bonds is 5. The molecule has 0 aliphatic rings. The Morgan fingerprint density at radius 2 is 1.94 bits per heavy atom. The van der Waals surface area contributed by atoms with Crippen molar-refractivity contribution >= 4 is 5.97 Å². The van der Waals surface area contributed by atoms with Crippen molar-refractivity contribution in [2.24, 2.45) is 5.92 Å². The fourth-order valence-corrected chi connectivity index (χ4v) is 2.24. The summed E-state index contributed by atoms with van der Waals surface area (Å²) in [5, 5.41) is 9.35. The third kappa shape index (κ3) is 2.84. The van der Waals surface area contributed by atoms with E-state index in [2.05, 4.69) is 13.8 Å². The van der Waals surface area contributed by atoms with Crippen LogP contribution in [0, 0.1) is 12.8 Å². The fraction of sp³-hybridized carbons (Fsp3) is 0.500. The lowest BCUT2D eigenvalue weighted by Gasteiger charge is -2.22. The third-order valence-corrected chi connectivity index (χ3v) is 3.19. The molecule has 1 aromatic carbocycles. The number of carboxylic acid groups (broad SMARTS) is 1. The molecule has 88 valence electrons. The zero-order valence-electron chi connectivity index (χ0n) is 10.2. The Balaban J connectivity index is 3.06. The van der Waals surface area contributed by atoms with E-state index in [0.717, 1.165) is 24.0 Å². The van der Waals surface area contributed by atoms with Crippen molar-refractivity contribution < 1.29 is 9.90 Å². The van der Waals surface area contributed by atoms with E-state index in [1.807, 2.05) is 31.2 Å². The number of carboxylic acids is 1. The van der Waals surface area contributed by atoms with Gasteiger partial charge in [0.05, 0.1) is 5.92 Å². The minimum absolute atomic E-state index is 0.222. The van der Waals surface area contributed by atoms with Crippen LogP contribution in [0.15, 0.2) is 24.3 Å². The van der Waals surface area contributed by atoms with Gasteiger partial charge in [0, 0.05) is 0 Å². The van der Waals surface area contributed by atoms with Crippen LogP contribution in [0.3, 0.4) is 0 Å². The molecular formula is C14H20O2. The number of benzene rings is 1. The van der Waals surface area contributed by atoms with Crippen LogP contribution in [-0.2, 0) is 4.79 Å². The molecule has 2 heteroatoms. The second kappa shape index (κ2) is 5.69. The molecule has 1 atom stereocenters. The van der Waals surface area contributed by atoms with E-state index in [9.17, 15) is 9.90 Å². The van der Waals surface area contributed by atoms with Crippen molar-refractivity contribution in [2.45, 2.75) is 39.5 Å². The molecule has 2 nitrogen and oxygen atoms in total. The highest BCUT2D eigenvalue weighted by Crippen LogP contribution is 2.30. The number of aliphatic carboxylic acids is 1. The van der Waals surface area contributed by atoms with Gasteiger partial charge in [-0.25, -0.2) is 0 Å². The van der Waals surface area contributed by atoms with E-state index >= 15 is 0 Å². The number of carbonyl (C=O) groups is 1. The van der Waals surface area contributed by atoms with Gasteiger partial charge in [0.1, 0.15) is 0 Å². The van der Waals surface area contributed by atoms with Gasteiger partial charge in [-0.15, -0.1) is 0 Å². The lowest BCUT2D eigenvalue weighted by Crippen LogP contribution is -2.20. The summed E-state index contributed by atoms with van der Waals surface area (Å²) in [5.74, 6) is -0.853. The Morgan fingerprint density at radius 1 is 1.31 bits per heavy atom. The molecule has 0 aliphatic heterocycles. The summed E-state index contributed by atoms with van der Waals surface area (Å²) in [6.07, 6.45) is 1.81. The van der Waals surface area contributed by atoms with Gasteiger partial charge in [0.15, 0.2) is 0 Å². The van der Waals surface area contributed by atoms with Crippen LogP contribution in [0.2, 0.25) is 0 Å². The van der Waals surface area contributed by atoms with Gasteiger partial charge >= 0.3 is 5.97 Å². The minimum atomic E-state index is -0.709. The SMILES string of the molecule is CCC(CC)C(C(=O)O)c1cccc(C)c1. The third-order valence-electron chi connectivity index (χ3n) is 3.19. The van der Waals surface area contributed by atoms with Crippen molar-refractivity contribution in [1.29, 1.82) is 0 Å². The molecule has 0 saturated heterocycles. The van der Waals surface area contributed by atoms with E-state index < -0.39 is 5.97 Å². The van der Waals surface area contributed by atoms with Crippen molar-refractivity contribution in [3.05, 3.63) is 35.4 Å². The summed E-state index contributed by atoms with van der Waals surface area (Å²) in [6.45, 7) is 6.11. The summed E-state index contributed by atoms with van der Waals surface area (Å²) in [7, 11) is 0. The Kier molecular flexibility index (Phi) is 4.53. The van der Waals surface area contributed by atoms with Crippen molar-refractivity contribution in [1.82, 2.24) is 0 Å². The molecule has 1 rings (SSSR count). The molecule has 0 amide bonds. The van der Waals surface area contributed by atoms with Crippen LogP contribution in [0.5, 0.6) is 0 Å². The van der Waals surface area contributed by atoms with Gasteiger partial charge in [0.2, 0.25) is 0 Å². The van der Waals surface area contributed by atoms with Crippen LogP contribution < -0.4 is 0 Å². The summed E-state index contributed by atoms with van der Waals surface area (Å²) >= 11 is 0. The average Bonchev–Trinajstić information content (AvgIpc) is 2.24. The monoisotopic (exact) mass is 220 g/mol. The van der Waals surface area contributed by atoms with E-state index in [1.54, 1.807) is 0 Å². The topological polar surface area (TPSA) is 37.3 Å². The molecule has 0 spiro atoms. The Morgan fingerprint density at radius 3 is 2.38 bits per heavy atom. The number of aryl methyl sites for hydroxylation is 1. The van der Waals surface area contributed by atoms with Crippen molar-refractivity contribution in [3.8, 4) is 0 Å². The summed E-state index contributed by atoms with van der Waals surface area (Å²) < 4.78 is 0. The molecule has 1 unspecified atom stereocenters. The molecule has 0 radical (unpaired) electrons. The van der Waals surface area contributed by atoms with E-state index in [1.165, 1.54) is 0 Å². The Hall–Kier alpha value is -1.31. The van der Waals surface area contributed by atoms with Gasteiger partial charge in [0.25, 0.3) is 0 Å². The summed E-state index contributed by atoms with van der Waals surface area (Å²) in [5.41, 5.74) is 2.05. The second-order valence-corrected chi connectivity index (χ2v) is 4.31. The molecule has 0 bridgehead atoms. The smallest absolute Gasteiger partial charge is 0.311 e. The number of hydrogen-bond donors (Lipinski definition) is 1. The van der Waals surface area contributed by atoms with Gasteiger partial charge in [-0.05, 0) is 18.4 Å². The quantitative estimate of drug-likeness (QED) is 0.823. The lowest BCUT2D eigenvalue weighted by atomic mass is 9.82. The van der Waals surface area contributed by atoms with Crippen LogP contribution in [0.25, 0.3) is 0 Å². The minimum Gasteiger partial charge on any atom is -0.481 e. The predicted octanol–water partition coefficient (Wildman–Crippen LogP) is 3.60. The molecular weight excluding hydrogens is 200 g/mol. The molecule has 0 saturated carbocycles. The highest BCUT2D eigenvalue weighted by Gasteiger charge is 2.27. The van der Waals surface area contributed by atoms with Crippen LogP contribution >= 0.6 is 0 Å². The molecule has 1 aromatic rings. The standard InChI is InChI=1S/C14H20O2/c1-4-11(5-2)13(14(15)16)12-8-6-7-10(3)9-12/h6-9,11,13H,4-5H2,1-3H3,(H,15,16). The zero-order chi connectivity index (χ0) is 12.1. The molecule has 16 heavy (non-hydrogen) atoms. The van der Waals surface area contributed by atoms with E-state index in [0.29, 0.717) is 0 Å². The van der Waals surface area contributed by atoms with Crippen LogP contribution in [0.4, 0.5) is 0 Å². The largest absolute Gasteiger partial charge is 0.481 e. The second-order valence-electron chi connectivity index (χ2n) is 4.31. The van der Waals surface area contributed by atoms with Crippen LogP contribution in [-0.4, -0.2) is 11.1 Å². The van der Waals surface area contributed by atoms with Crippen LogP contribution in [0.1, 0.15) is 43.7 Å². The molecule has 0 aliphatic carbocycles.